The highest BCUT2D eigenvalue weighted by atomic mass is 32.2. The Bertz CT molecular complexity index is 1070. The molecule has 116 valence electrons. The number of aryl methyl sites for hydroxylation is 1. The molecule has 0 saturated heterocycles. The minimum Gasteiger partial charge on any atom is -0.354 e. The van der Waals surface area contributed by atoms with Crippen molar-refractivity contribution in [2.24, 2.45) is 0 Å². The van der Waals surface area contributed by atoms with E-state index in [0.717, 1.165) is 33.9 Å². The van der Waals surface area contributed by atoms with E-state index in [9.17, 15) is 0 Å². The first kappa shape index (κ1) is 13.7. The Morgan fingerprint density at radius 1 is 0.875 bits per heavy atom. The molecule has 4 aromatic rings. The number of fused-ring (bicyclic) bond motifs is 4. The van der Waals surface area contributed by atoms with Crippen molar-refractivity contribution in [2.75, 3.05) is 5.32 Å². The summed E-state index contributed by atoms with van der Waals surface area (Å²) >= 11 is 1.79. The molecule has 0 atom stereocenters. The number of nitrogens with one attached hydrogen (secondary N) is 1. The smallest absolute Gasteiger partial charge is 0.111 e. The fraction of sp³-hybridized carbons (Fsp3) is 0.0500. The van der Waals surface area contributed by atoms with Gasteiger partial charge in [-0.15, -0.1) is 0 Å². The van der Waals surface area contributed by atoms with Crippen LogP contribution >= 0.6 is 11.8 Å². The van der Waals surface area contributed by atoms with E-state index in [2.05, 4.69) is 77.5 Å². The minimum atomic E-state index is 1.00. The van der Waals surface area contributed by atoms with Gasteiger partial charge in [0.2, 0.25) is 0 Å². The van der Waals surface area contributed by atoms with Crippen LogP contribution in [0.4, 0.5) is 11.4 Å². The Kier molecular flexibility index (Phi) is 2.94. The molecule has 2 heterocycles. The summed E-state index contributed by atoms with van der Waals surface area (Å²) in [5.74, 6) is 1.00. The molecule has 1 aliphatic heterocycles. The van der Waals surface area contributed by atoms with Crippen molar-refractivity contribution in [3.05, 3.63) is 72.6 Å². The highest BCUT2D eigenvalue weighted by molar-refractivity contribution is 8.00. The van der Waals surface area contributed by atoms with E-state index in [0.29, 0.717) is 0 Å². The average molecular weight is 329 g/mol. The fourth-order valence-corrected chi connectivity index (χ4v) is 4.33. The zero-order valence-corrected chi connectivity index (χ0v) is 14.0. The Balaban J connectivity index is 1.74. The van der Waals surface area contributed by atoms with Crippen molar-refractivity contribution in [3.63, 3.8) is 0 Å². The Labute approximate surface area is 144 Å². The molecule has 1 aliphatic rings. The van der Waals surface area contributed by atoms with Gasteiger partial charge in [-0.3, -0.25) is 4.57 Å². The molecule has 0 unspecified atom stereocenters. The molecular formula is C20H15N3S. The van der Waals surface area contributed by atoms with Crippen molar-refractivity contribution < 1.29 is 0 Å². The van der Waals surface area contributed by atoms with Gasteiger partial charge in [0, 0.05) is 10.6 Å². The molecule has 1 aromatic heterocycles. The van der Waals surface area contributed by atoms with Crippen molar-refractivity contribution in [2.45, 2.75) is 16.7 Å². The lowest BCUT2D eigenvalue weighted by atomic mass is 10.2. The van der Waals surface area contributed by atoms with Crippen molar-refractivity contribution in [3.8, 4) is 5.69 Å². The second kappa shape index (κ2) is 5.14. The van der Waals surface area contributed by atoms with Crippen LogP contribution in [0, 0.1) is 6.92 Å². The lowest BCUT2D eigenvalue weighted by Crippen LogP contribution is -2.00. The van der Waals surface area contributed by atoms with E-state index < -0.39 is 0 Å². The maximum atomic E-state index is 4.88. The van der Waals surface area contributed by atoms with E-state index in [-0.39, 0.29) is 0 Å². The fourth-order valence-electron chi connectivity index (χ4n) is 3.25. The Morgan fingerprint density at radius 3 is 2.54 bits per heavy atom. The van der Waals surface area contributed by atoms with Crippen LogP contribution in [-0.4, -0.2) is 9.55 Å². The quantitative estimate of drug-likeness (QED) is 0.438. The van der Waals surface area contributed by atoms with Gasteiger partial charge in [0.1, 0.15) is 11.3 Å². The number of rotatable bonds is 1. The van der Waals surface area contributed by atoms with Crippen LogP contribution in [0.15, 0.2) is 76.5 Å². The predicted octanol–water partition coefficient (Wildman–Crippen LogP) is 5.54. The number of imidazole rings is 1. The van der Waals surface area contributed by atoms with Gasteiger partial charge < -0.3 is 5.32 Å². The Hall–Kier alpha value is -2.72. The van der Waals surface area contributed by atoms with E-state index in [4.69, 9.17) is 4.98 Å². The highest BCUT2D eigenvalue weighted by Gasteiger charge is 2.21. The largest absolute Gasteiger partial charge is 0.354 e. The summed E-state index contributed by atoms with van der Waals surface area (Å²) in [4.78, 5) is 7.32. The third-order valence-corrected chi connectivity index (χ3v) is 5.52. The molecule has 4 heteroatoms. The molecule has 3 nitrogen and oxygen atoms in total. The van der Waals surface area contributed by atoms with Gasteiger partial charge in [-0.2, -0.15) is 0 Å². The zero-order chi connectivity index (χ0) is 16.1. The first-order chi connectivity index (χ1) is 11.8. The van der Waals surface area contributed by atoms with Crippen molar-refractivity contribution >= 4 is 34.2 Å². The lowest BCUT2D eigenvalue weighted by molar-refractivity contribution is 1.00. The second-order valence-electron chi connectivity index (χ2n) is 5.86. The van der Waals surface area contributed by atoms with Gasteiger partial charge >= 0.3 is 0 Å². The summed E-state index contributed by atoms with van der Waals surface area (Å²) in [6, 6.07) is 23.1. The van der Waals surface area contributed by atoms with E-state index >= 15 is 0 Å². The van der Waals surface area contributed by atoms with Crippen LogP contribution in [0.5, 0.6) is 0 Å². The van der Waals surface area contributed by atoms with Gasteiger partial charge in [0.05, 0.1) is 21.8 Å². The highest BCUT2D eigenvalue weighted by Crippen LogP contribution is 2.47. The molecule has 3 aromatic carbocycles. The summed E-state index contributed by atoms with van der Waals surface area (Å²) < 4.78 is 2.22. The minimum absolute atomic E-state index is 1.00. The van der Waals surface area contributed by atoms with Crippen LogP contribution in [0.25, 0.3) is 16.7 Å². The van der Waals surface area contributed by atoms with Crippen LogP contribution in [0.1, 0.15) is 5.82 Å². The standard InChI is InChI=1S/C20H15N3S/c1-13-21-19-17(23(13)14-7-3-2-4-8-14)12-11-16-20(19)24-18-10-6-5-9-15(18)22-16/h2-12,22H,1H3. The van der Waals surface area contributed by atoms with Crippen LogP contribution < -0.4 is 5.32 Å². The van der Waals surface area contributed by atoms with E-state index in [1.165, 1.54) is 9.79 Å². The number of nitrogens with zero attached hydrogens (tertiary/aromatic N) is 2. The average Bonchev–Trinajstić information content (AvgIpc) is 2.97. The number of para-hydroxylation sites is 2. The van der Waals surface area contributed by atoms with Gasteiger partial charge in [0.25, 0.3) is 0 Å². The number of benzene rings is 3. The van der Waals surface area contributed by atoms with E-state index in [1.807, 2.05) is 6.07 Å². The molecule has 0 spiro atoms. The molecule has 0 fully saturated rings. The summed E-state index contributed by atoms with van der Waals surface area (Å²) in [6.45, 7) is 2.06. The molecule has 5 rings (SSSR count). The third kappa shape index (κ3) is 1.96. The summed E-state index contributed by atoms with van der Waals surface area (Å²) in [7, 11) is 0. The number of hydrogen-bond acceptors (Lipinski definition) is 3. The number of hydrogen-bond donors (Lipinski definition) is 1. The monoisotopic (exact) mass is 329 g/mol. The van der Waals surface area contributed by atoms with Gasteiger partial charge in [-0.1, -0.05) is 42.1 Å². The molecule has 0 bridgehead atoms. The van der Waals surface area contributed by atoms with E-state index in [1.54, 1.807) is 11.8 Å². The molecule has 1 N–H and O–H groups in total. The zero-order valence-electron chi connectivity index (χ0n) is 13.2. The van der Waals surface area contributed by atoms with Gasteiger partial charge in [0.15, 0.2) is 0 Å². The second-order valence-corrected chi connectivity index (χ2v) is 6.92. The maximum absolute atomic E-state index is 4.88. The SMILES string of the molecule is Cc1nc2c3c(ccc2n1-c1ccccc1)Nc1ccccc1S3. The Morgan fingerprint density at radius 2 is 1.67 bits per heavy atom. The maximum Gasteiger partial charge on any atom is 0.111 e. The van der Waals surface area contributed by atoms with Crippen molar-refractivity contribution in [1.29, 1.82) is 0 Å². The van der Waals surface area contributed by atoms with Crippen LogP contribution in [-0.2, 0) is 0 Å². The van der Waals surface area contributed by atoms with Gasteiger partial charge in [-0.25, -0.2) is 4.98 Å². The van der Waals surface area contributed by atoms with Gasteiger partial charge in [-0.05, 0) is 43.3 Å². The number of anilines is 2. The molecule has 0 radical (unpaired) electrons. The molecule has 0 aliphatic carbocycles. The molecule has 24 heavy (non-hydrogen) atoms. The molecule has 0 saturated carbocycles. The first-order valence-electron chi connectivity index (χ1n) is 7.92. The first-order valence-corrected chi connectivity index (χ1v) is 8.74. The van der Waals surface area contributed by atoms with Crippen LogP contribution in [0.2, 0.25) is 0 Å². The third-order valence-electron chi connectivity index (χ3n) is 4.33. The topological polar surface area (TPSA) is 29.9 Å². The predicted molar refractivity (Wildman–Crippen MR) is 99.7 cm³/mol. The lowest BCUT2D eigenvalue weighted by Gasteiger charge is -2.20. The normalized spacial score (nSPS) is 12.5. The van der Waals surface area contributed by atoms with Crippen molar-refractivity contribution in [1.82, 2.24) is 9.55 Å². The summed E-state index contributed by atoms with van der Waals surface area (Å²) in [5, 5.41) is 3.53. The summed E-state index contributed by atoms with van der Waals surface area (Å²) in [6.07, 6.45) is 0. The molecule has 0 amide bonds. The number of aromatic nitrogens is 2. The summed E-state index contributed by atoms with van der Waals surface area (Å²) in [5.41, 5.74) is 5.64. The molecular weight excluding hydrogens is 314 g/mol. The van der Waals surface area contributed by atoms with Crippen LogP contribution in [0.3, 0.4) is 0 Å².